The van der Waals surface area contributed by atoms with E-state index in [-0.39, 0.29) is 0 Å². The first-order chi connectivity index (χ1) is 6.72. The highest BCUT2D eigenvalue weighted by Gasteiger charge is 2.00. The van der Waals surface area contributed by atoms with E-state index in [1.165, 1.54) is 0 Å². The molecular weight excluding hydrogens is 174 g/mol. The van der Waals surface area contributed by atoms with Gasteiger partial charge >= 0.3 is 0 Å². The van der Waals surface area contributed by atoms with Crippen molar-refractivity contribution in [3.63, 3.8) is 0 Å². The third-order valence-electron chi connectivity index (χ3n) is 1.98. The van der Waals surface area contributed by atoms with Crippen molar-refractivity contribution in [2.45, 2.75) is 19.9 Å². The molecule has 0 amide bonds. The maximum atomic E-state index is 8.43. The SMILES string of the molecule is Cc1cccc(CN(C)CCC#N)n1. The maximum absolute atomic E-state index is 8.43. The molecule has 0 aliphatic rings. The fraction of sp³-hybridized carbons (Fsp3) is 0.455. The normalized spacial score (nSPS) is 10.1. The van der Waals surface area contributed by atoms with Crippen LogP contribution in [-0.2, 0) is 6.54 Å². The van der Waals surface area contributed by atoms with Crippen LogP contribution in [0, 0.1) is 18.3 Å². The molecule has 0 aromatic carbocycles. The lowest BCUT2D eigenvalue weighted by molar-refractivity contribution is 0.330. The van der Waals surface area contributed by atoms with Crippen molar-refractivity contribution >= 4 is 0 Å². The molecule has 0 aliphatic carbocycles. The van der Waals surface area contributed by atoms with Crippen LogP contribution in [0.15, 0.2) is 18.2 Å². The van der Waals surface area contributed by atoms with Gasteiger partial charge in [0.2, 0.25) is 0 Å². The molecule has 0 unspecified atom stereocenters. The van der Waals surface area contributed by atoms with Gasteiger partial charge in [-0.15, -0.1) is 0 Å². The van der Waals surface area contributed by atoms with Crippen molar-refractivity contribution in [3.05, 3.63) is 29.6 Å². The second kappa shape index (κ2) is 5.36. The van der Waals surface area contributed by atoms with Crippen LogP contribution in [0.25, 0.3) is 0 Å². The molecule has 0 fully saturated rings. The molecule has 3 nitrogen and oxygen atoms in total. The summed E-state index contributed by atoms with van der Waals surface area (Å²) in [7, 11) is 2.00. The minimum absolute atomic E-state index is 0.572. The number of nitriles is 1. The highest BCUT2D eigenvalue weighted by molar-refractivity contribution is 5.09. The molecule has 3 heteroatoms. The van der Waals surface area contributed by atoms with E-state index < -0.39 is 0 Å². The van der Waals surface area contributed by atoms with E-state index in [4.69, 9.17) is 5.26 Å². The van der Waals surface area contributed by atoms with Gasteiger partial charge < -0.3 is 0 Å². The molecule has 0 aliphatic heterocycles. The van der Waals surface area contributed by atoms with Gasteiger partial charge in [-0.25, -0.2) is 0 Å². The first-order valence-corrected chi connectivity index (χ1v) is 4.70. The van der Waals surface area contributed by atoms with Gasteiger partial charge in [-0.05, 0) is 26.1 Å². The van der Waals surface area contributed by atoms with E-state index in [0.29, 0.717) is 6.42 Å². The molecule has 0 atom stereocenters. The molecule has 1 aromatic rings. The Kier molecular flexibility index (Phi) is 4.09. The minimum atomic E-state index is 0.572. The molecule has 0 N–H and O–H groups in total. The predicted octanol–water partition coefficient (Wildman–Crippen LogP) is 1.74. The van der Waals surface area contributed by atoms with E-state index >= 15 is 0 Å². The molecule has 0 spiro atoms. The molecule has 1 heterocycles. The highest BCUT2D eigenvalue weighted by atomic mass is 15.1. The van der Waals surface area contributed by atoms with Gasteiger partial charge in [0.25, 0.3) is 0 Å². The van der Waals surface area contributed by atoms with Crippen molar-refractivity contribution in [2.75, 3.05) is 13.6 Å². The standard InChI is InChI=1S/C11H15N3/c1-10-5-3-6-11(13-10)9-14(2)8-4-7-12/h3,5-6H,4,8-9H2,1-2H3. The Balaban J connectivity index is 2.48. The maximum Gasteiger partial charge on any atom is 0.0635 e. The van der Waals surface area contributed by atoms with Gasteiger partial charge in [-0.1, -0.05) is 6.07 Å². The van der Waals surface area contributed by atoms with Gasteiger partial charge in [-0.3, -0.25) is 9.88 Å². The Morgan fingerprint density at radius 2 is 2.29 bits per heavy atom. The lowest BCUT2D eigenvalue weighted by Crippen LogP contribution is -2.19. The summed E-state index contributed by atoms with van der Waals surface area (Å²) < 4.78 is 0. The van der Waals surface area contributed by atoms with Crippen LogP contribution in [0.4, 0.5) is 0 Å². The zero-order valence-corrected chi connectivity index (χ0v) is 8.70. The summed E-state index contributed by atoms with van der Waals surface area (Å²) in [4.78, 5) is 6.50. The van der Waals surface area contributed by atoms with Crippen molar-refractivity contribution in [1.82, 2.24) is 9.88 Å². The molecule has 0 saturated heterocycles. The largest absolute Gasteiger partial charge is 0.300 e. The lowest BCUT2D eigenvalue weighted by Gasteiger charge is -2.14. The number of aromatic nitrogens is 1. The van der Waals surface area contributed by atoms with Crippen LogP contribution in [0.1, 0.15) is 17.8 Å². The molecule has 1 aromatic heterocycles. The van der Waals surface area contributed by atoms with E-state index in [0.717, 1.165) is 24.5 Å². The van der Waals surface area contributed by atoms with Crippen molar-refractivity contribution in [2.24, 2.45) is 0 Å². The lowest BCUT2D eigenvalue weighted by atomic mass is 10.3. The van der Waals surface area contributed by atoms with Gasteiger partial charge in [0, 0.05) is 25.2 Å². The number of nitrogens with zero attached hydrogens (tertiary/aromatic N) is 3. The first kappa shape index (κ1) is 10.7. The van der Waals surface area contributed by atoms with Crippen LogP contribution in [0.2, 0.25) is 0 Å². The molecule has 0 bridgehead atoms. The average molecular weight is 189 g/mol. The summed E-state index contributed by atoms with van der Waals surface area (Å²) in [6.45, 7) is 3.59. The van der Waals surface area contributed by atoms with E-state index in [1.807, 2.05) is 32.2 Å². The quantitative estimate of drug-likeness (QED) is 0.724. The molecule has 14 heavy (non-hydrogen) atoms. The zero-order chi connectivity index (χ0) is 10.4. The Morgan fingerprint density at radius 1 is 1.50 bits per heavy atom. The highest BCUT2D eigenvalue weighted by Crippen LogP contribution is 2.01. The predicted molar refractivity (Wildman–Crippen MR) is 55.5 cm³/mol. The van der Waals surface area contributed by atoms with E-state index in [2.05, 4.69) is 16.0 Å². The monoisotopic (exact) mass is 189 g/mol. The third-order valence-corrected chi connectivity index (χ3v) is 1.98. The number of hydrogen-bond acceptors (Lipinski definition) is 3. The molecule has 0 radical (unpaired) electrons. The van der Waals surface area contributed by atoms with Gasteiger partial charge in [-0.2, -0.15) is 5.26 Å². The Bertz CT molecular complexity index is 328. The fourth-order valence-corrected chi connectivity index (χ4v) is 1.28. The molecular formula is C11H15N3. The summed E-state index contributed by atoms with van der Waals surface area (Å²) >= 11 is 0. The minimum Gasteiger partial charge on any atom is -0.300 e. The number of aryl methyl sites for hydroxylation is 1. The van der Waals surface area contributed by atoms with Crippen LogP contribution in [0.5, 0.6) is 0 Å². The van der Waals surface area contributed by atoms with Crippen molar-refractivity contribution < 1.29 is 0 Å². The Labute approximate surface area is 85.0 Å². The zero-order valence-electron chi connectivity index (χ0n) is 8.70. The smallest absolute Gasteiger partial charge is 0.0635 e. The van der Waals surface area contributed by atoms with Crippen molar-refractivity contribution in [3.8, 4) is 6.07 Å². The third kappa shape index (κ3) is 3.55. The number of rotatable bonds is 4. The van der Waals surface area contributed by atoms with Crippen LogP contribution in [-0.4, -0.2) is 23.5 Å². The second-order valence-corrected chi connectivity index (χ2v) is 3.42. The Hall–Kier alpha value is -1.40. The number of hydrogen-bond donors (Lipinski definition) is 0. The number of pyridine rings is 1. The first-order valence-electron chi connectivity index (χ1n) is 4.70. The van der Waals surface area contributed by atoms with Gasteiger partial charge in [0.05, 0.1) is 11.8 Å². The topological polar surface area (TPSA) is 39.9 Å². The average Bonchev–Trinajstić information content (AvgIpc) is 2.15. The van der Waals surface area contributed by atoms with Crippen LogP contribution < -0.4 is 0 Å². The van der Waals surface area contributed by atoms with E-state index in [9.17, 15) is 0 Å². The summed E-state index contributed by atoms with van der Waals surface area (Å²) in [5.41, 5.74) is 2.10. The fourth-order valence-electron chi connectivity index (χ4n) is 1.28. The summed E-state index contributed by atoms with van der Waals surface area (Å²) in [5, 5.41) is 8.43. The summed E-state index contributed by atoms with van der Waals surface area (Å²) in [5.74, 6) is 0. The molecule has 1 rings (SSSR count). The Morgan fingerprint density at radius 3 is 2.93 bits per heavy atom. The van der Waals surface area contributed by atoms with Gasteiger partial charge in [0.1, 0.15) is 0 Å². The van der Waals surface area contributed by atoms with Crippen LogP contribution in [0.3, 0.4) is 0 Å². The second-order valence-electron chi connectivity index (χ2n) is 3.42. The molecule has 0 saturated carbocycles. The summed E-state index contributed by atoms with van der Waals surface area (Å²) in [6.07, 6.45) is 0.572. The van der Waals surface area contributed by atoms with Crippen molar-refractivity contribution in [1.29, 1.82) is 5.26 Å². The van der Waals surface area contributed by atoms with E-state index in [1.54, 1.807) is 0 Å². The van der Waals surface area contributed by atoms with Crippen LogP contribution >= 0.6 is 0 Å². The summed E-state index contributed by atoms with van der Waals surface area (Å²) in [6, 6.07) is 8.14. The molecule has 74 valence electrons. The van der Waals surface area contributed by atoms with Gasteiger partial charge in [0.15, 0.2) is 0 Å².